The molecular formula is C24H26N2O3S. The highest BCUT2D eigenvalue weighted by molar-refractivity contribution is 7.92. The molecular weight excluding hydrogens is 396 g/mol. The molecule has 3 aromatic rings. The SMILES string of the molecule is CC[C@@H](C(=O)Nc1ccc2c3c(cccc13)CC2)N(c1ccc(C)cc1)S(C)(=O)=O. The van der Waals surface area contributed by atoms with Crippen LogP contribution in [0.3, 0.4) is 0 Å². The van der Waals surface area contributed by atoms with Crippen LogP contribution in [0.4, 0.5) is 11.4 Å². The third-order valence-corrected chi connectivity index (χ3v) is 6.93. The normalized spacial score (nSPS) is 14.0. The Morgan fingerprint density at radius 2 is 1.70 bits per heavy atom. The molecule has 1 amide bonds. The molecule has 1 N–H and O–H groups in total. The van der Waals surface area contributed by atoms with E-state index in [9.17, 15) is 13.2 Å². The number of nitrogens with one attached hydrogen (secondary N) is 1. The van der Waals surface area contributed by atoms with Crippen molar-refractivity contribution in [2.24, 2.45) is 0 Å². The van der Waals surface area contributed by atoms with Crippen LogP contribution in [-0.4, -0.2) is 26.6 Å². The Bertz CT molecular complexity index is 1210. The molecule has 0 radical (unpaired) electrons. The van der Waals surface area contributed by atoms with Crippen LogP contribution < -0.4 is 9.62 Å². The molecule has 30 heavy (non-hydrogen) atoms. The molecule has 0 unspecified atom stereocenters. The van der Waals surface area contributed by atoms with Crippen LogP contribution in [0.2, 0.25) is 0 Å². The Morgan fingerprint density at radius 3 is 2.33 bits per heavy atom. The minimum atomic E-state index is -3.65. The number of hydrogen-bond donors (Lipinski definition) is 1. The topological polar surface area (TPSA) is 66.5 Å². The number of carbonyl (C=O) groups excluding carboxylic acids is 1. The third kappa shape index (κ3) is 3.67. The number of aryl methyl sites for hydroxylation is 3. The second-order valence-electron chi connectivity index (χ2n) is 7.92. The van der Waals surface area contributed by atoms with E-state index < -0.39 is 16.1 Å². The molecule has 0 aromatic heterocycles. The predicted octanol–water partition coefficient (Wildman–Crippen LogP) is 4.43. The molecule has 0 saturated heterocycles. The van der Waals surface area contributed by atoms with Crippen LogP contribution in [0.5, 0.6) is 0 Å². The van der Waals surface area contributed by atoms with E-state index in [1.165, 1.54) is 20.8 Å². The first-order valence-electron chi connectivity index (χ1n) is 10.2. The lowest BCUT2D eigenvalue weighted by Crippen LogP contribution is -2.47. The first-order valence-corrected chi connectivity index (χ1v) is 12.0. The molecule has 1 aliphatic rings. The van der Waals surface area contributed by atoms with Gasteiger partial charge in [-0.3, -0.25) is 9.10 Å². The van der Waals surface area contributed by atoms with Crippen LogP contribution >= 0.6 is 0 Å². The summed E-state index contributed by atoms with van der Waals surface area (Å²) in [6.45, 7) is 3.76. The summed E-state index contributed by atoms with van der Waals surface area (Å²) in [5, 5.41) is 5.22. The van der Waals surface area contributed by atoms with E-state index in [-0.39, 0.29) is 5.91 Å². The minimum Gasteiger partial charge on any atom is -0.324 e. The summed E-state index contributed by atoms with van der Waals surface area (Å²) < 4.78 is 26.5. The third-order valence-electron chi connectivity index (χ3n) is 5.75. The number of benzene rings is 3. The molecule has 156 valence electrons. The molecule has 4 rings (SSSR count). The van der Waals surface area contributed by atoms with Crippen molar-refractivity contribution in [1.82, 2.24) is 0 Å². The van der Waals surface area contributed by atoms with Gasteiger partial charge in [0, 0.05) is 11.1 Å². The zero-order valence-corrected chi connectivity index (χ0v) is 18.3. The first-order chi connectivity index (χ1) is 14.3. The summed E-state index contributed by atoms with van der Waals surface area (Å²) in [7, 11) is -3.65. The van der Waals surface area contributed by atoms with Crippen molar-refractivity contribution in [3.63, 3.8) is 0 Å². The van der Waals surface area contributed by atoms with Crippen molar-refractivity contribution in [3.05, 3.63) is 71.3 Å². The molecule has 0 bridgehead atoms. The minimum absolute atomic E-state index is 0.331. The Balaban J connectivity index is 1.71. The van der Waals surface area contributed by atoms with Gasteiger partial charge in [0.05, 0.1) is 11.9 Å². The van der Waals surface area contributed by atoms with E-state index in [2.05, 4.69) is 17.4 Å². The maximum atomic E-state index is 13.3. The molecule has 0 fully saturated rings. The summed E-state index contributed by atoms with van der Waals surface area (Å²) in [4.78, 5) is 13.3. The van der Waals surface area contributed by atoms with E-state index in [0.717, 1.165) is 35.7 Å². The van der Waals surface area contributed by atoms with E-state index in [4.69, 9.17) is 0 Å². The van der Waals surface area contributed by atoms with Gasteiger partial charge >= 0.3 is 0 Å². The van der Waals surface area contributed by atoms with Gasteiger partial charge in [0.25, 0.3) is 0 Å². The van der Waals surface area contributed by atoms with Crippen molar-refractivity contribution >= 4 is 38.1 Å². The average molecular weight is 423 g/mol. The van der Waals surface area contributed by atoms with Crippen LogP contribution in [0.1, 0.15) is 30.0 Å². The van der Waals surface area contributed by atoms with Gasteiger partial charge in [-0.05, 0) is 60.9 Å². The smallest absolute Gasteiger partial charge is 0.248 e. The van der Waals surface area contributed by atoms with Crippen LogP contribution in [0.25, 0.3) is 10.8 Å². The summed E-state index contributed by atoms with van der Waals surface area (Å²) in [5.41, 5.74) is 4.83. The largest absolute Gasteiger partial charge is 0.324 e. The Hall–Kier alpha value is -2.86. The molecule has 6 heteroatoms. The van der Waals surface area contributed by atoms with Crippen molar-refractivity contribution in [1.29, 1.82) is 0 Å². The van der Waals surface area contributed by atoms with Crippen molar-refractivity contribution < 1.29 is 13.2 Å². The highest BCUT2D eigenvalue weighted by Crippen LogP contribution is 2.35. The molecule has 3 aromatic carbocycles. The van der Waals surface area contributed by atoms with Gasteiger partial charge in [-0.2, -0.15) is 0 Å². The van der Waals surface area contributed by atoms with Gasteiger partial charge < -0.3 is 5.32 Å². The predicted molar refractivity (Wildman–Crippen MR) is 123 cm³/mol. The van der Waals surface area contributed by atoms with Crippen molar-refractivity contribution in [2.75, 3.05) is 15.9 Å². The molecule has 0 saturated carbocycles. The molecule has 5 nitrogen and oxygen atoms in total. The van der Waals surface area contributed by atoms with E-state index in [0.29, 0.717) is 12.1 Å². The summed E-state index contributed by atoms with van der Waals surface area (Å²) in [6, 6.07) is 16.5. The maximum absolute atomic E-state index is 13.3. The highest BCUT2D eigenvalue weighted by Gasteiger charge is 2.32. The number of carbonyl (C=O) groups is 1. The summed E-state index contributed by atoms with van der Waals surface area (Å²) >= 11 is 0. The lowest BCUT2D eigenvalue weighted by Gasteiger charge is -2.30. The molecule has 0 heterocycles. The number of sulfonamides is 1. The Morgan fingerprint density at radius 1 is 1.03 bits per heavy atom. The van der Waals surface area contributed by atoms with Gasteiger partial charge in [-0.25, -0.2) is 8.42 Å². The quantitative estimate of drug-likeness (QED) is 0.639. The number of nitrogens with zero attached hydrogens (tertiary/aromatic N) is 1. The summed E-state index contributed by atoms with van der Waals surface area (Å²) in [5.74, 6) is -0.331. The fraction of sp³-hybridized carbons (Fsp3) is 0.292. The van der Waals surface area contributed by atoms with E-state index in [1.54, 1.807) is 12.1 Å². The van der Waals surface area contributed by atoms with Crippen LogP contribution in [-0.2, 0) is 27.7 Å². The standard InChI is InChI=1S/C24H26N2O3S/c1-4-22(26(30(3,28)29)19-13-8-16(2)9-14-19)24(27)25-21-15-12-18-11-10-17-6-5-7-20(21)23(17)18/h5-9,12-15,22H,4,10-11H2,1-3H3,(H,25,27)/t22-/m0/s1. The first kappa shape index (κ1) is 20.4. The van der Waals surface area contributed by atoms with Gasteiger partial charge in [-0.1, -0.05) is 48.9 Å². The second-order valence-corrected chi connectivity index (χ2v) is 9.78. The van der Waals surface area contributed by atoms with Gasteiger partial charge in [-0.15, -0.1) is 0 Å². The number of anilines is 2. The van der Waals surface area contributed by atoms with Crippen LogP contribution in [0.15, 0.2) is 54.6 Å². The molecule has 1 aliphatic carbocycles. The molecule has 0 spiro atoms. The molecule has 1 atom stereocenters. The highest BCUT2D eigenvalue weighted by atomic mass is 32.2. The lowest BCUT2D eigenvalue weighted by atomic mass is 10.0. The Kier molecular flexibility index (Phi) is 5.28. The maximum Gasteiger partial charge on any atom is 0.248 e. The second kappa shape index (κ2) is 7.76. The van der Waals surface area contributed by atoms with Crippen molar-refractivity contribution in [3.8, 4) is 0 Å². The van der Waals surface area contributed by atoms with Gasteiger partial charge in [0.2, 0.25) is 15.9 Å². The number of amides is 1. The molecule has 0 aliphatic heterocycles. The van der Waals surface area contributed by atoms with Crippen molar-refractivity contribution in [2.45, 2.75) is 39.2 Å². The number of hydrogen-bond acceptors (Lipinski definition) is 3. The Labute approximate surface area is 177 Å². The van der Waals surface area contributed by atoms with E-state index in [1.807, 2.05) is 44.2 Å². The average Bonchev–Trinajstić information content (AvgIpc) is 3.13. The zero-order valence-electron chi connectivity index (χ0n) is 17.5. The fourth-order valence-electron chi connectivity index (χ4n) is 4.32. The summed E-state index contributed by atoms with van der Waals surface area (Å²) in [6.07, 6.45) is 3.52. The van der Waals surface area contributed by atoms with Gasteiger partial charge in [0.15, 0.2) is 0 Å². The number of rotatable bonds is 6. The fourth-order valence-corrected chi connectivity index (χ4v) is 5.54. The van der Waals surface area contributed by atoms with Gasteiger partial charge in [0.1, 0.15) is 6.04 Å². The monoisotopic (exact) mass is 422 g/mol. The van der Waals surface area contributed by atoms with Crippen LogP contribution in [0, 0.1) is 6.92 Å². The zero-order chi connectivity index (χ0) is 21.5. The lowest BCUT2D eigenvalue weighted by molar-refractivity contribution is -0.117. The van der Waals surface area contributed by atoms with E-state index >= 15 is 0 Å².